The summed E-state index contributed by atoms with van der Waals surface area (Å²) in [4.78, 5) is 12.9. The molecule has 1 rings (SSSR count). The fraction of sp³-hybridized carbons (Fsp3) is 0.836. The van der Waals surface area contributed by atoms with Crippen molar-refractivity contribution in [3.63, 3.8) is 0 Å². The first kappa shape index (κ1) is 60.2. The predicted octanol–water partition coefficient (Wildman–Crippen LogP) is 12.6. The molecule has 374 valence electrons. The second kappa shape index (κ2) is 45.0. The monoisotopic (exact) mass is 904 g/mol. The fourth-order valence-electron chi connectivity index (χ4n) is 8.34. The molecular formula is C55H101NO8. The maximum absolute atomic E-state index is 12.9. The van der Waals surface area contributed by atoms with Gasteiger partial charge in [-0.1, -0.05) is 223 Å². The van der Waals surface area contributed by atoms with E-state index in [2.05, 4.69) is 55.6 Å². The van der Waals surface area contributed by atoms with Crippen LogP contribution in [0, 0.1) is 0 Å². The summed E-state index contributed by atoms with van der Waals surface area (Å²) < 4.78 is 11.1. The van der Waals surface area contributed by atoms with Crippen molar-refractivity contribution in [2.45, 2.75) is 281 Å². The number of nitrogens with one attached hydrogen (secondary N) is 1. The number of carbonyl (C=O) groups excluding carboxylic acids is 1. The molecular weight excluding hydrogens is 803 g/mol. The normalized spacial score (nSPS) is 20.4. The van der Waals surface area contributed by atoms with Crippen LogP contribution in [-0.2, 0) is 14.3 Å². The van der Waals surface area contributed by atoms with Crippen molar-refractivity contribution in [1.29, 1.82) is 0 Å². The van der Waals surface area contributed by atoms with E-state index < -0.39 is 49.5 Å². The summed E-state index contributed by atoms with van der Waals surface area (Å²) in [5.74, 6) is -0.181. The van der Waals surface area contributed by atoms with Crippen LogP contribution in [0.5, 0.6) is 0 Å². The smallest absolute Gasteiger partial charge is 0.220 e. The van der Waals surface area contributed by atoms with Gasteiger partial charge in [-0.2, -0.15) is 0 Å². The largest absolute Gasteiger partial charge is 0.394 e. The highest BCUT2D eigenvalue weighted by Crippen LogP contribution is 2.23. The number of amides is 1. The van der Waals surface area contributed by atoms with Gasteiger partial charge in [-0.05, 0) is 57.8 Å². The molecule has 1 fully saturated rings. The van der Waals surface area contributed by atoms with Gasteiger partial charge in [0.2, 0.25) is 5.91 Å². The van der Waals surface area contributed by atoms with Gasteiger partial charge in [0.25, 0.3) is 0 Å². The molecule has 1 saturated heterocycles. The van der Waals surface area contributed by atoms with Gasteiger partial charge in [-0.25, -0.2) is 0 Å². The van der Waals surface area contributed by atoms with Gasteiger partial charge >= 0.3 is 0 Å². The summed E-state index contributed by atoms with van der Waals surface area (Å²) in [6, 6.07) is -0.800. The lowest BCUT2D eigenvalue weighted by Gasteiger charge is -2.40. The first-order valence-corrected chi connectivity index (χ1v) is 26.9. The third kappa shape index (κ3) is 34.5. The van der Waals surface area contributed by atoms with E-state index in [0.717, 1.165) is 57.8 Å². The quantitative estimate of drug-likeness (QED) is 0.0261. The number of aliphatic hydroxyl groups excluding tert-OH is 5. The average molecular weight is 904 g/mol. The Labute approximate surface area is 393 Å². The van der Waals surface area contributed by atoms with Crippen molar-refractivity contribution in [2.24, 2.45) is 0 Å². The number of ether oxygens (including phenoxy) is 2. The summed E-state index contributed by atoms with van der Waals surface area (Å²) in [5.41, 5.74) is 0. The van der Waals surface area contributed by atoms with Crippen LogP contribution in [0.15, 0.2) is 48.6 Å². The van der Waals surface area contributed by atoms with Gasteiger partial charge in [-0.3, -0.25) is 4.79 Å². The van der Waals surface area contributed by atoms with Crippen LogP contribution in [0.4, 0.5) is 0 Å². The number of allylic oxidation sites excluding steroid dienone is 7. The molecule has 0 bridgehead atoms. The second-order valence-corrected chi connectivity index (χ2v) is 18.7. The van der Waals surface area contributed by atoms with Gasteiger partial charge in [-0.15, -0.1) is 0 Å². The van der Waals surface area contributed by atoms with Crippen LogP contribution in [0.3, 0.4) is 0 Å². The summed E-state index contributed by atoms with van der Waals surface area (Å²) >= 11 is 0. The van der Waals surface area contributed by atoms with Crippen LogP contribution in [-0.4, -0.2) is 87.5 Å². The Hall–Kier alpha value is -1.85. The van der Waals surface area contributed by atoms with Crippen molar-refractivity contribution >= 4 is 5.91 Å². The van der Waals surface area contributed by atoms with Crippen LogP contribution in [0.1, 0.15) is 239 Å². The zero-order chi connectivity index (χ0) is 46.6. The lowest BCUT2D eigenvalue weighted by atomic mass is 9.99. The number of hydrogen-bond donors (Lipinski definition) is 6. The zero-order valence-corrected chi connectivity index (χ0v) is 41.3. The Morgan fingerprint density at radius 2 is 0.922 bits per heavy atom. The first-order valence-electron chi connectivity index (χ1n) is 26.9. The first-order chi connectivity index (χ1) is 31.3. The minimum Gasteiger partial charge on any atom is -0.394 e. The summed E-state index contributed by atoms with van der Waals surface area (Å²) in [6.07, 6.45) is 52.4. The highest BCUT2D eigenvalue weighted by Gasteiger charge is 2.44. The zero-order valence-electron chi connectivity index (χ0n) is 41.3. The van der Waals surface area contributed by atoms with E-state index in [9.17, 15) is 30.3 Å². The Morgan fingerprint density at radius 1 is 0.531 bits per heavy atom. The molecule has 0 aliphatic carbocycles. The highest BCUT2D eigenvalue weighted by molar-refractivity contribution is 5.76. The molecule has 1 aliphatic rings. The van der Waals surface area contributed by atoms with Crippen LogP contribution in [0.25, 0.3) is 0 Å². The van der Waals surface area contributed by atoms with Crippen molar-refractivity contribution < 1.29 is 39.8 Å². The molecule has 7 unspecified atom stereocenters. The second-order valence-electron chi connectivity index (χ2n) is 18.7. The third-order valence-electron chi connectivity index (χ3n) is 12.6. The molecule has 0 saturated carbocycles. The minimum atomic E-state index is -1.56. The molecule has 9 nitrogen and oxygen atoms in total. The Morgan fingerprint density at radius 3 is 1.38 bits per heavy atom. The SMILES string of the molecule is CCCCCC/C=C/C(O)C(COC1OC(CO)C(O)C(O)C1O)NC(=O)CCCCCCCCCCCCCCCCCCCCCC/C=C\C/C=C\C/C=C\CCCCCCC. The molecule has 1 amide bonds. The van der Waals surface area contributed by atoms with E-state index in [-0.39, 0.29) is 12.5 Å². The topological polar surface area (TPSA) is 149 Å². The Kier molecular flexibility index (Phi) is 42.3. The lowest BCUT2D eigenvalue weighted by Crippen LogP contribution is -2.60. The van der Waals surface area contributed by atoms with Gasteiger partial charge in [0.05, 0.1) is 25.4 Å². The molecule has 0 radical (unpaired) electrons. The number of hydrogen-bond acceptors (Lipinski definition) is 8. The molecule has 0 spiro atoms. The number of unbranched alkanes of at least 4 members (excludes halogenated alkanes) is 29. The van der Waals surface area contributed by atoms with Gasteiger partial charge in [0.15, 0.2) is 6.29 Å². The molecule has 1 aliphatic heterocycles. The molecule has 1 heterocycles. The van der Waals surface area contributed by atoms with Gasteiger partial charge in [0, 0.05) is 6.42 Å². The van der Waals surface area contributed by atoms with E-state index in [4.69, 9.17) is 9.47 Å². The number of rotatable bonds is 45. The van der Waals surface area contributed by atoms with Gasteiger partial charge in [0.1, 0.15) is 24.4 Å². The number of carbonyl (C=O) groups is 1. The summed E-state index contributed by atoms with van der Waals surface area (Å²) in [7, 11) is 0. The Bertz CT molecular complexity index is 1140. The van der Waals surface area contributed by atoms with E-state index in [1.807, 2.05) is 6.08 Å². The van der Waals surface area contributed by atoms with Crippen molar-refractivity contribution in [1.82, 2.24) is 5.32 Å². The van der Waals surface area contributed by atoms with Crippen molar-refractivity contribution in [3.05, 3.63) is 48.6 Å². The van der Waals surface area contributed by atoms with Crippen LogP contribution >= 0.6 is 0 Å². The van der Waals surface area contributed by atoms with E-state index in [1.54, 1.807) is 6.08 Å². The van der Waals surface area contributed by atoms with E-state index in [1.165, 1.54) is 161 Å². The predicted molar refractivity (Wildman–Crippen MR) is 267 cm³/mol. The lowest BCUT2D eigenvalue weighted by molar-refractivity contribution is -0.302. The molecule has 0 aromatic rings. The molecule has 64 heavy (non-hydrogen) atoms. The molecule has 9 heteroatoms. The molecule has 0 aromatic carbocycles. The Balaban J connectivity index is 2.01. The number of aliphatic hydroxyl groups is 5. The molecule has 6 N–H and O–H groups in total. The van der Waals surface area contributed by atoms with Crippen LogP contribution < -0.4 is 5.32 Å². The maximum atomic E-state index is 12.9. The average Bonchev–Trinajstić information content (AvgIpc) is 3.29. The minimum absolute atomic E-state index is 0.181. The maximum Gasteiger partial charge on any atom is 0.220 e. The summed E-state index contributed by atoms with van der Waals surface area (Å²) in [6.45, 7) is 3.68. The fourth-order valence-corrected chi connectivity index (χ4v) is 8.34. The third-order valence-corrected chi connectivity index (χ3v) is 12.6. The van der Waals surface area contributed by atoms with Crippen molar-refractivity contribution in [3.8, 4) is 0 Å². The van der Waals surface area contributed by atoms with Crippen LogP contribution in [0.2, 0.25) is 0 Å². The molecule has 7 atom stereocenters. The van der Waals surface area contributed by atoms with E-state index in [0.29, 0.717) is 6.42 Å². The standard InChI is InChI=1S/C55H101NO8/c1-3-5-7-9-11-12-13-14-15-16-17-18-19-20-21-22-23-24-25-26-27-28-29-30-31-32-33-34-35-36-37-38-39-41-43-45-51(59)56-48(49(58)44-42-40-10-8-6-4-2)47-63-55-54(62)53(61)52(60)50(46-57)64-55/h13-14,16-17,19-20,42,44,48-50,52-55,57-58,60-62H,3-12,15,18,21-41,43,45-47H2,1-2H3,(H,56,59)/b14-13-,17-16-,20-19-,44-42+. The summed E-state index contributed by atoms with van der Waals surface area (Å²) in [5, 5.41) is 53.9. The van der Waals surface area contributed by atoms with Gasteiger partial charge < -0.3 is 40.3 Å². The molecule has 0 aromatic heterocycles. The van der Waals surface area contributed by atoms with E-state index >= 15 is 0 Å². The van der Waals surface area contributed by atoms with Crippen molar-refractivity contribution in [2.75, 3.05) is 13.2 Å². The highest BCUT2D eigenvalue weighted by atomic mass is 16.7.